The summed E-state index contributed by atoms with van der Waals surface area (Å²) in [4.78, 5) is 17.1. The van der Waals surface area contributed by atoms with E-state index in [9.17, 15) is 4.79 Å². The van der Waals surface area contributed by atoms with Gasteiger partial charge in [-0.25, -0.2) is 0 Å². The topological polar surface area (TPSA) is 51.2 Å². The molecule has 1 saturated heterocycles. The van der Waals surface area contributed by atoms with Crippen LogP contribution in [0, 0.1) is 5.92 Å². The van der Waals surface area contributed by atoms with Crippen molar-refractivity contribution in [1.82, 2.24) is 9.80 Å². The van der Waals surface area contributed by atoms with Crippen molar-refractivity contribution in [1.29, 1.82) is 0 Å². The van der Waals surface area contributed by atoms with Gasteiger partial charge < -0.3 is 14.2 Å². The first-order chi connectivity index (χ1) is 16.1. The van der Waals surface area contributed by atoms with Gasteiger partial charge >= 0.3 is 5.97 Å². The van der Waals surface area contributed by atoms with Crippen molar-refractivity contribution < 1.29 is 19.0 Å². The Morgan fingerprint density at radius 3 is 2.42 bits per heavy atom. The molecule has 0 aliphatic carbocycles. The van der Waals surface area contributed by atoms with Gasteiger partial charge in [0.15, 0.2) is 11.5 Å². The predicted octanol–water partition coefficient (Wildman–Crippen LogP) is 3.91. The van der Waals surface area contributed by atoms with E-state index in [0.717, 1.165) is 63.5 Å². The Morgan fingerprint density at radius 2 is 1.73 bits per heavy atom. The predicted molar refractivity (Wildman–Crippen MR) is 129 cm³/mol. The lowest BCUT2D eigenvalue weighted by Gasteiger charge is -2.45. The number of hydrogen-bond acceptors (Lipinski definition) is 6. The van der Waals surface area contributed by atoms with Gasteiger partial charge in [0, 0.05) is 38.6 Å². The minimum atomic E-state index is -0.116. The molecule has 2 heterocycles. The van der Waals surface area contributed by atoms with Crippen molar-refractivity contribution in [2.75, 3.05) is 41.0 Å². The molecular formula is C27H36N2O4. The second kappa shape index (κ2) is 11.0. The van der Waals surface area contributed by atoms with Gasteiger partial charge in [-0.15, -0.1) is 0 Å². The quantitative estimate of drug-likeness (QED) is 0.566. The molecule has 6 heteroatoms. The molecule has 2 aliphatic rings. The van der Waals surface area contributed by atoms with Gasteiger partial charge in [0.05, 0.1) is 21.3 Å². The maximum Gasteiger partial charge on any atom is 0.305 e. The fourth-order valence-corrected chi connectivity index (χ4v) is 5.44. The van der Waals surface area contributed by atoms with Gasteiger partial charge in [0.25, 0.3) is 0 Å². The van der Waals surface area contributed by atoms with E-state index < -0.39 is 0 Å². The van der Waals surface area contributed by atoms with Crippen LogP contribution in [0.3, 0.4) is 0 Å². The van der Waals surface area contributed by atoms with E-state index in [0.29, 0.717) is 18.4 Å². The third-order valence-corrected chi connectivity index (χ3v) is 7.19. The van der Waals surface area contributed by atoms with Crippen LogP contribution in [-0.4, -0.2) is 62.8 Å². The summed E-state index contributed by atoms with van der Waals surface area (Å²) < 4.78 is 16.0. The molecule has 2 aliphatic heterocycles. The summed E-state index contributed by atoms with van der Waals surface area (Å²) in [6.07, 6.45) is 3.45. The summed E-state index contributed by atoms with van der Waals surface area (Å²) in [5.41, 5.74) is 4.00. The van der Waals surface area contributed by atoms with Crippen LogP contribution in [0.25, 0.3) is 0 Å². The molecule has 6 nitrogen and oxygen atoms in total. The lowest BCUT2D eigenvalue weighted by Crippen LogP contribution is -2.52. The SMILES string of the molecule is COC(=O)CC[C@H]1CN(Cc2ccccc2)CC[C@H]1N1CCc2cc(OC)c(OC)cc2C1. The summed E-state index contributed by atoms with van der Waals surface area (Å²) in [6, 6.07) is 15.4. The van der Waals surface area contributed by atoms with Crippen LogP contribution in [-0.2, 0) is 29.0 Å². The monoisotopic (exact) mass is 452 g/mol. The second-order valence-corrected chi connectivity index (χ2v) is 9.15. The largest absolute Gasteiger partial charge is 0.493 e. The molecule has 2 aromatic rings. The average Bonchev–Trinajstić information content (AvgIpc) is 2.86. The van der Waals surface area contributed by atoms with Crippen molar-refractivity contribution in [3.63, 3.8) is 0 Å². The van der Waals surface area contributed by atoms with Crippen LogP contribution in [0.1, 0.15) is 36.0 Å². The molecule has 4 rings (SSSR count). The fraction of sp³-hybridized carbons (Fsp3) is 0.519. The van der Waals surface area contributed by atoms with Crippen LogP contribution in [0.15, 0.2) is 42.5 Å². The minimum Gasteiger partial charge on any atom is -0.493 e. The number of carbonyl (C=O) groups is 1. The molecule has 0 unspecified atom stereocenters. The lowest BCUT2D eigenvalue weighted by atomic mass is 9.85. The molecule has 0 bridgehead atoms. The number of likely N-dealkylation sites (tertiary alicyclic amines) is 1. The Hall–Kier alpha value is -2.57. The van der Waals surface area contributed by atoms with Gasteiger partial charge in [0.1, 0.15) is 0 Å². The molecule has 178 valence electrons. The van der Waals surface area contributed by atoms with Gasteiger partial charge in [-0.1, -0.05) is 30.3 Å². The van der Waals surface area contributed by atoms with E-state index in [1.165, 1.54) is 23.8 Å². The molecule has 2 aromatic carbocycles. The zero-order chi connectivity index (χ0) is 23.2. The summed E-state index contributed by atoms with van der Waals surface area (Å²) in [5.74, 6) is 1.91. The minimum absolute atomic E-state index is 0.116. The Morgan fingerprint density at radius 1 is 1.00 bits per heavy atom. The number of hydrogen-bond donors (Lipinski definition) is 0. The van der Waals surface area contributed by atoms with Crippen molar-refractivity contribution in [2.24, 2.45) is 5.92 Å². The normalized spacial score (nSPS) is 21.3. The van der Waals surface area contributed by atoms with Crippen LogP contribution in [0.2, 0.25) is 0 Å². The highest BCUT2D eigenvalue weighted by molar-refractivity contribution is 5.69. The Kier molecular flexibility index (Phi) is 7.89. The van der Waals surface area contributed by atoms with E-state index in [-0.39, 0.29) is 5.97 Å². The van der Waals surface area contributed by atoms with Crippen LogP contribution >= 0.6 is 0 Å². The van der Waals surface area contributed by atoms with Gasteiger partial charge in [0.2, 0.25) is 0 Å². The second-order valence-electron chi connectivity index (χ2n) is 9.15. The first-order valence-electron chi connectivity index (χ1n) is 11.9. The first-order valence-corrected chi connectivity index (χ1v) is 11.9. The lowest BCUT2D eigenvalue weighted by molar-refractivity contribution is -0.141. The third-order valence-electron chi connectivity index (χ3n) is 7.19. The standard InChI is InChI=1S/C27H36N2O4/c1-31-25-15-21-11-14-29(19-23(21)16-26(25)32-2)24-12-13-28(17-20-7-5-4-6-8-20)18-22(24)9-10-27(30)33-3/h4-8,15-16,22,24H,9-14,17-19H2,1-3H3/t22-,24+/m0/s1. The molecule has 0 aromatic heterocycles. The van der Waals surface area contributed by atoms with E-state index >= 15 is 0 Å². The maximum atomic E-state index is 11.9. The molecule has 1 fully saturated rings. The van der Waals surface area contributed by atoms with Crippen molar-refractivity contribution in [3.05, 3.63) is 59.2 Å². The van der Waals surface area contributed by atoms with Crippen molar-refractivity contribution in [3.8, 4) is 11.5 Å². The number of carbonyl (C=O) groups excluding carboxylic acids is 1. The Bertz CT molecular complexity index is 933. The Labute approximate surface area is 197 Å². The van der Waals surface area contributed by atoms with Gasteiger partial charge in [-0.05, 0) is 60.5 Å². The summed E-state index contributed by atoms with van der Waals surface area (Å²) in [5, 5.41) is 0. The fourth-order valence-electron chi connectivity index (χ4n) is 5.44. The highest BCUT2D eigenvalue weighted by atomic mass is 16.5. The molecule has 0 amide bonds. The molecule has 0 saturated carbocycles. The number of methoxy groups -OCH3 is 3. The van der Waals surface area contributed by atoms with Crippen molar-refractivity contribution >= 4 is 5.97 Å². The zero-order valence-corrected chi connectivity index (χ0v) is 20.1. The van der Waals surface area contributed by atoms with Crippen LogP contribution in [0.5, 0.6) is 11.5 Å². The number of rotatable bonds is 8. The van der Waals surface area contributed by atoms with Gasteiger partial charge in [-0.2, -0.15) is 0 Å². The summed E-state index contributed by atoms with van der Waals surface area (Å²) >= 11 is 0. The van der Waals surface area contributed by atoms with E-state index in [1.807, 2.05) is 0 Å². The molecule has 33 heavy (non-hydrogen) atoms. The highest BCUT2D eigenvalue weighted by Crippen LogP contribution is 2.36. The smallest absolute Gasteiger partial charge is 0.305 e. The van der Waals surface area contributed by atoms with E-state index in [2.05, 4.69) is 52.3 Å². The summed E-state index contributed by atoms with van der Waals surface area (Å²) in [7, 11) is 4.86. The number of esters is 1. The number of fused-ring (bicyclic) bond motifs is 1. The first kappa shape index (κ1) is 23.6. The van der Waals surface area contributed by atoms with E-state index in [1.54, 1.807) is 14.2 Å². The number of ether oxygens (including phenoxy) is 3. The number of piperidine rings is 1. The number of nitrogens with zero attached hydrogens (tertiary/aromatic N) is 2. The molecular weight excluding hydrogens is 416 g/mol. The van der Waals surface area contributed by atoms with Gasteiger partial charge in [-0.3, -0.25) is 14.6 Å². The third kappa shape index (κ3) is 5.68. The molecule has 0 radical (unpaired) electrons. The zero-order valence-electron chi connectivity index (χ0n) is 20.1. The Balaban J connectivity index is 1.48. The summed E-state index contributed by atoms with van der Waals surface area (Å²) in [6.45, 7) is 4.98. The molecule has 0 N–H and O–H groups in total. The van der Waals surface area contributed by atoms with Crippen LogP contribution < -0.4 is 9.47 Å². The number of benzene rings is 2. The van der Waals surface area contributed by atoms with Crippen molar-refractivity contribution in [2.45, 2.75) is 44.8 Å². The van der Waals surface area contributed by atoms with E-state index in [4.69, 9.17) is 14.2 Å². The highest BCUT2D eigenvalue weighted by Gasteiger charge is 2.35. The molecule has 0 spiro atoms. The average molecular weight is 453 g/mol. The maximum absolute atomic E-state index is 11.9. The van der Waals surface area contributed by atoms with Crippen LogP contribution in [0.4, 0.5) is 0 Å². The molecule has 2 atom stereocenters.